The smallest absolute Gasteiger partial charge is 0.272 e. The zero-order valence-electron chi connectivity index (χ0n) is 9.41. The summed E-state index contributed by atoms with van der Waals surface area (Å²) < 4.78 is 0. The molecule has 1 rings (SSSR count). The summed E-state index contributed by atoms with van der Waals surface area (Å²) in [4.78, 5) is 10.4. The second-order valence-electron chi connectivity index (χ2n) is 3.41. The highest BCUT2D eigenvalue weighted by atomic mass is 16.6. The summed E-state index contributed by atoms with van der Waals surface area (Å²) in [5.41, 5.74) is 1.75. The molecular weight excluding hydrogens is 204 g/mol. The fourth-order valence-corrected chi connectivity index (χ4v) is 1.32. The average molecular weight is 218 g/mol. The van der Waals surface area contributed by atoms with Crippen molar-refractivity contribution in [1.82, 2.24) is 5.32 Å². The maximum atomic E-state index is 10.7. The minimum Gasteiger partial charge on any atom is -0.302 e. The van der Waals surface area contributed by atoms with Gasteiger partial charge in [0.25, 0.3) is 5.69 Å². The largest absolute Gasteiger partial charge is 0.302 e. The second kappa shape index (κ2) is 5.89. The van der Waals surface area contributed by atoms with Crippen LogP contribution in [-0.2, 0) is 6.54 Å². The number of benzene rings is 1. The first-order valence-electron chi connectivity index (χ1n) is 4.99. The molecule has 0 saturated heterocycles. The summed E-state index contributed by atoms with van der Waals surface area (Å²) in [6, 6.07) is 5.25. The van der Waals surface area contributed by atoms with Crippen LogP contribution in [0.4, 0.5) is 5.69 Å². The standard InChI is InChI=1S/C12H14N2O2/c1-3-4-7-13-9-11-6-5-10(2)12(8-11)14(15)16/h5-6,8,13H,7,9H2,1-2H3. The molecule has 0 spiro atoms. The summed E-state index contributed by atoms with van der Waals surface area (Å²) >= 11 is 0. The lowest BCUT2D eigenvalue weighted by atomic mass is 10.1. The fourth-order valence-electron chi connectivity index (χ4n) is 1.32. The van der Waals surface area contributed by atoms with Crippen molar-refractivity contribution in [2.45, 2.75) is 20.4 Å². The zero-order valence-corrected chi connectivity index (χ0v) is 9.41. The minimum absolute atomic E-state index is 0.167. The molecule has 84 valence electrons. The van der Waals surface area contributed by atoms with Crippen LogP contribution in [0.15, 0.2) is 18.2 Å². The van der Waals surface area contributed by atoms with Gasteiger partial charge in [0.2, 0.25) is 0 Å². The van der Waals surface area contributed by atoms with Gasteiger partial charge in [-0.3, -0.25) is 10.1 Å². The predicted octanol–water partition coefficient (Wildman–Crippen LogP) is 2.02. The molecule has 0 aliphatic carbocycles. The van der Waals surface area contributed by atoms with E-state index in [1.165, 1.54) is 0 Å². The van der Waals surface area contributed by atoms with Crippen molar-refractivity contribution >= 4 is 5.69 Å². The first kappa shape index (κ1) is 12.2. The number of rotatable bonds is 4. The number of aryl methyl sites for hydroxylation is 1. The maximum absolute atomic E-state index is 10.7. The third-order valence-corrected chi connectivity index (χ3v) is 2.19. The molecule has 0 amide bonds. The molecule has 0 bridgehead atoms. The summed E-state index contributed by atoms with van der Waals surface area (Å²) in [6.45, 7) is 4.70. The van der Waals surface area contributed by atoms with Gasteiger partial charge in [-0.15, -0.1) is 5.92 Å². The molecule has 16 heavy (non-hydrogen) atoms. The summed E-state index contributed by atoms with van der Waals surface area (Å²) in [7, 11) is 0. The van der Waals surface area contributed by atoms with Crippen LogP contribution in [0, 0.1) is 28.9 Å². The third-order valence-electron chi connectivity index (χ3n) is 2.19. The molecule has 0 aliphatic heterocycles. The lowest BCUT2D eigenvalue weighted by Gasteiger charge is -2.03. The monoisotopic (exact) mass is 218 g/mol. The number of hydrogen-bond donors (Lipinski definition) is 1. The molecule has 0 fully saturated rings. The van der Waals surface area contributed by atoms with Gasteiger partial charge in [-0.25, -0.2) is 0 Å². The molecule has 4 heteroatoms. The number of nitrogens with one attached hydrogen (secondary N) is 1. The van der Waals surface area contributed by atoms with E-state index in [2.05, 4.69) is 17.2 Å². The van der Waals surface area contributed by atoms with E-state index in [4.69, 9.17) is 0 Å². The molecule has 1 N–H and O–H groups in total. The zero-order chi connectivity index (χ0) is 12.0. The van der Waals surface area contributed by atoms with Crippen LogP contribution in [0.25, 0.3) is 0 Å². The van der Waals surface area contributed by atoms with E-state index in [1.807, 2.05) is 6.07 Å². The van der Waals surface area contributed by atoms with Crippen LogP contribution < -0.4 is 5.32 Å². The van der Waals surface area contributed by atoms with Gasteiger partial charge in [-0.2, -0.15) is 0 Å². The molecule has 0 heterocycles. The molecular formula is C12H14N2O2. The Labute approximate surface area is 94.8 Å². The van der Waals surface area contributed by atoms with Crippen LogP contribution in [0.1, 0.15) is 18.1 Å². The Morgan fingerprint density at radius 2 is 2.25 bits per heavy atom. The predicted molar refractivity (Wildman–Crippen MR) is 63.0 cm³/mol. The quantitative estimate of drug-likeness (QED) is 0.364. The molecule has 0 saturated carbocycles. The van der Waals surface area contributed by atoms with Crippen LogP contribution in [0.2, 0.25) is 0 Å². The third kappa shape index (κ3) is 3.37. The van der Waals surface area contributed by atoms with Crippen LogP contribution in [0.3, 0.4) is 0 Å². The van der Waals surface area contributed by atoms with Crippen molar-refractivity contribution in [3.8, 4) is 11.8 Å². The highest BCUT2D eigenvalue weighted by Gasteiger charge is 2.10. The van der Waals surface area contributed by atoms with E-state index in [-0.39, 0.29) is 10.6 Å². The Morgan fingerprint density at radius 1 is 1.50 bits per heavy atom. The molecule has 0 unspecified atom stereocenters. The van der Waals surface area contributed by atoms with E-state index < -0.39 is 0 Å². The molecule has 1 aromatic rings. The Hall–Kier alpha value is -1.86. The lowest BCUT2D eigenvalue weighted by molar-refractivity contribution is -0.385. The van der Waals surface area contributed by atoms with Crippen molar-refractivity contribution in [3.05, 3.63) is 39.4 Å². The highest BCUT2D eigenvalue weighted by molar-refractivity contribution is 5.42. The van der Waals surface area contributed by atoms with Crippen molar-refractivity contribution in [1.29, 1.82) is 0 Å². The van der Waals surface area contributed by atoms with E-state index >= 15 is 0 Å². The SMILES string of the molecule is CC#CCNCc1ccc(C)c([N+](=O)[O-])c1. The molecule has 1 aromatic carbocycles. The number of nitro groups is 1. The molecule has 0 atom stereocenters. The maximum Gasteiger partial charge on any atom is 0.272 e. The first-order chi connectivity index (χ1) is 7.65. The molecule has 0 aliphatic rings. The van der Waals surface area contributed by atoms with Crippen LogP contribution in [0.5, 0.6) is 0 Å². The van der Waals surface area contributed by atoms with Gasteiger partial charge in [-0.05, 0) is 19.4 Å². The van der Waals surface area contributed by atoms with Crippen molar-refractivity contribution in [2.24, 2.45) is 0 Å². The lowest BCUT2D eigenvalue weighted by Crippen LogP contribution is -2.13. The number of hydrogen-bond acceptors (Lipinski definition) is 3. The number of nitro benzene ring substituents is 1. The van der Waals surface area contributed by atoms with Gasteiger partial charge in [-0.1, -0.05) is 18.1 Å². The van der Waals surface area contributed by atoms with E-state index in [9.17, 15) is 10.1 Å². The van der Waals surface area contributed by atoms with Gasteiger partial charge in [0.05, 0.1) is 11.5 Å². The van der Waals surface area contributed by atoms with Crippen molar-refractivity contribution in [2.75, 3.05) is 6.54 Å². The minimum atomic E-state index is -0.356. The van der Waals surface area contributed by atoms with E-state index in [1.54, 1.807) is 26.0 Å². The van der Waals surface area contributed by atoms with Gasteiger partial charge in [0.15, 0.2) is 0 Å². The fraction of sp³-hybridized carbons (Fsp3) is 0.333. The number of nitrogens with zero attached hydrogens (tertiary/aromatic N) is 1. The molecule has 0 radical (unpaired) electrons. The van der Waals surface area contributed by atoms with Crippen LogP contribution in [-0.4, -0.2) is 11.5 Å². The van der Waals surface area contributed by atoms with Gasteiger partial charge >= 0.3 is 0 Å². The summed E-state index contributed by atoms with van der Waals surface area (Å²) in [6.07, 6.45) is 0. The molecule has 4 nitrogen and oxygen atoms in total. The van der Waals surface area contributed by atoms with E-state index in [0.29, 0.717) is 18.7 Å². The topological polar surface area (TPSA) is 55.2 Å². The van der Waals surface area contributed by atoms with Gasteiger partial charge in [0.1, 0.15) is 0 Å². The normalized spacial score (nSPS) is 9.38. The van der Waals surface area contributed by atoms with E-state index in [0.717, 1.165) is 5.56 Å². The Bertz CT molecular complexity index is 444. The highest BCUT2D eigenvalue weighted by Crippen LogP contribution is 2.18. The Morgan fingerprint density at radius 3 is 2.88 bits per heavy atom. The first-order valence-corrected chi connectivity index (χ1v) is 4.99. The second-order valence-corrected chi connectivity index (χ2v) is 3.41. The molecule has 0 aromatic heterocycles. The van der Waals surface area contributed by atoms with Crippen molar-refractivity contribution < 1.29 is 4.92 Å². The van der Waals surface area contributed by atoms with Gasteiger partial charge < -0.3 is 5.32 Å². The summed E-state index contributed by atoms with van der Waals surface area (Å²) in [5.74, 6) is 5.64. The van der Waals surface area contributed by atoms with Crippen molar-refractivity contribution in [3.63, 3.8) is 0 Å². The summed E-state index contributed by atoms with van der Waals surface area (Å²) in [5, 5.41) is 13.8. The average Bonchev–Trinajstić information content (AvgIpc) is 2.26. The Balaban J connectivity index is 2.70. The van der Waals surface area contributed by atoms with Gasteiger partial charge in [0, 0.05) is 18.2 Å². The van der Waals surface area contributed by atoms with Crippen LogP contribution >= 0.6 is 0 Å². The Kier molecular flexibility index (Phi) is 4.49.